The third-order valence-electron chi connectivity index (χ3n) is 4.04. The molecule has 0 radical (unpaired) electrons. The number of carbonyl (C=O) groups excluding carboxylic acids is 2. The molecule has 2 atom stereocenters. The maximum Gasteiger partial charge on any atom is 0.227 e. The third-order valence-corrected chi connectivity index (χ3v) is 4.04. The van der Waals surface area contributed by atoms with E-state index in [1.165, 1.54) is 0 Å². The van der Waals surface area contributed by atoms with Gasteiger partial charge in [-0.15, -0.1) is 0 Å². The van der Waals surface area contributed by atoms with E-state index in [9.17, 15) is 9.59 Å². The molecule has 0 aliphatic carbocycles. The van der Waals surface area contributed by atoms with E-state index in [4.69, 9.17) is 9.47 Å². The van der Waals surface area contributed by atoms with Crippen molar-refractivity contribution < 1.29 is 19.1 Å². The molecule has 6 nitrogen and oxygen atoms in total. The average molecular weight is 304 g/mol. The summed E-state index contributed by atoms with van der Waals surface area (Å²) in [7, 11) is 1.77. The van der Waals surface area contributed by atoms with Crippen LogP contribution in [-0.2, 0) is 9.59 Å². The van der Waals surface area contributed by atoms with Gasteiger partial charge in [-0.3, -0.25) is 9.59 Å². The number of nitrogens with zero attached hydrogens (tertiary/aromatic N) is 1. The van der Waals surface area contributed by atoms with Crippen LogP contribution < -0.4 is 14.8 Å². The first-order valence-electron chi connectivity index (χ1n) is 7.53. The summed E-state index contributed by atoms with van der Waals surface area (Å²) in [6, 6.07) is 7.52. The summed E-state index contributed by atoms with van der Waals surface area (Å²) in [5.41, 5.74) is 0. The lowest BCUT2D eigenvalue weighted by Crippen LogP contribution is -2.47. The number of amides is 2. The molecule has 3 rings (SSSR count). The van der Waals surface area contributed by atoms with Crippen LogP contribution in [-0.4, -0.2) is 49.6 Å². The predicted octanol–water partition coefficient (Wildman–Crippen LogP) is 0.811. The minimum Gasteiger partial charge on any atom is -0.486 e. The standard InChI is InChI=1S/C16H20N2O4/c1-18(16(20)11-6-7-15(19)17-8-11)9-12-10-21-13-4-2-3-5-14(13)22-12/h2-5,11-12H,6-10H2,1H3,(H,17,19)/t11-,12-/m1/s1. The predicted molar refractivity (Wildman–Crippen MR) is 79.7 cm³/mol. The number of hydrogen-bond donors (Lipinski definition) is 1. The molecule has 6 heteroatoms. The molecule has 118 valence electrons. The number of fused-ring (bicyclic) bond motifs is 1. The zero-order valence-electron chi connectivity index (χ0n) is 12.6. The fourth-order valence-corrected chi connectivity index (χ4v) is 2.80. The van der Waals surface area contributed by atoms with Crippen LogP contribution in [0.25, 0.3) is 0 Å². The molecule has 0 unspecified atom stereocenters. The van der Waals surface area contributed by atoms with Crippen molar-refractivity contribution in [2.24, 2.45) is 5.92 Å². The molecule has 0 saturated carbocycles. The Kier molecular flexibility index (Phi) is 4.18. The highest BCUT2D eigenvalue weighted by Gasteiger charge is 2.29. The summed E-state index contributed by atoms with van der Waals surface area (Å²) in [4.78, 5) is 25.2. The summed E-state index contributed by atoms with van der Waals surface area (Å²) in [6.07, 6.45) is 0.850. The Morgan fingerprint density at radius 1 is 1.36 bits per heavy atom. The molecule has 1 aromatic rings. The van der Waals surface area contributed by atoms with Crippen LogP contribution in [0.3, 0.4) is 0 Å². The van der Waals surface area contributed by atoms with Crippen LogP contribution in [0.4, 0.5) is 0 Å². The Bertz CT molecular complexity index is 565. The van der Waals surface area contributed by atoms with E-state index in [1.807, 2.05) is 24.3 Å². The lowest BCUT2D eigenvalue weighted by atomic mass is 9.97. The molecule has 2 amide bonds. The number of piperidine rings is 1. The second-order valence-corrected chi connectivity index (χ2v) is 5.76. The first kappa shape index (κ1) is 14.7. The fraction of sp³-hybridized carbons (Fsp3) is 0.500. The molecular weight excluding hydrogens is 284 g/mol. The van der Waals surface area contributed by atoms with Crippen molar-refractivity contribution in [2.75, 3.05) is 26.7 Å². The molecule has 22 heavy (non-hydrogen) atoms. The van der Waals surface area contributed by atoms with Crippen molar-refractivity contribution in [1.82, 2.24) is 10.2 Å². The van der Waals surface area contributed by atoms with E-state index < -0.39 is 0 Å². The highest BCUT2D eigenvalue weighted by Crippen LogP contribution is 2.31. The number of carbonyl (C=O) groups is 2. The molecule has 1 N–H and O–H groups in total. The first-order chi connectivity index (χ1) is 10.6. The fourth-order valence-electron chi connectivity index (χ4n) is 2.80. The van der Waals surface area contributed by atoms with Crippen LogP contribution in [0.15, 0.2) is 24.3 Å². The molecule has 0 aromatic heterocycles. The maximum absolute atomic E-state index is 12.4. The van der Waals surface area contributed by atoms with Gasteiger partial charge in [0.25, 0.3) is 0 Å². The Hall–Kier alpha value is -2.24. The zero-order valence-corrected chi connectivity index (χ0v) is 12.6. The number of benzene rings is 1. The Labute approximate surface area is 129 Å². The molecule has 1 fully saturated rings. The van der Waals surface area contributed by atoms with Crippen molar-refractivity contribution >= 4 is 11.8 Å². The van der Waals surface area contributed by atoms with E-state index in [-0.39, 0.29) is 23.8 Å². The van der Waals surface area contributed by atoms with Gasteiger partial charge in [0, 0.05) is 20.0 Å². The van der Waals surface area contributed by atoms with Gasteiger partial charge in [-0.2, -0.15) is 0 Å². The second-order valence-electron chi connectivity index (χ2n) is 5.76. The van der Waals surface area contributed by atoms with Crippen LogP contribution in [0.2, 0.25) is 0 Å². The van der Waals surface area contributed by atoms with Gasteiger partial charge in [-0.05, 0) is 18.6 Å². The molecule has 2 aliphatic rings. The monoisotopic (exact) mass is 304 g/mol. The van der Waals surface area contributed by atoms with Crippen molar-refractivity contribution in [3.05, 3.63) is 24.3 Å². The molecule has 2 heterocycles. The number of para-hydroxylation sites is 2. The van der Waals surface area contributed by atoms with Crippen molar-refractivity contribution in [3.63, 3.8) is 0 Å². The highest BCUT2D eigenvalue weighted by molar-refractivity contribution is 5.83. The minimum atomic E-state index is -0.179. The summed E-state index contributed by atoms with van der Waals surface area (Å²) in [5.74, 6) is 1.38. The topological polar surface area (TPSA) is 67.9 Å². The summed E-state index contributed by atoms with van der Waals surface area (Å²) < 4.78 is 11.5. The van der Waals surface area contributed by atoms with E-state index in [0.717, 1.165) is 5.75 Å². The quantitative estimate of drug-likeness (QED) is 0.897. The lowest BCUT2D eigenvalue weighted by Gasteiger charge is -2.32. The summed E-state index contributed by atoms with van der Waals surface area (Å²) >= 11 is 0. The SMILES string of the molecule is CN(C[C@@H]1COc2ccccc2O1)C(=O)[C@@H]1CCC(=O)NC1. The van der Waals surface area contributed by atoms with E-state index in [0.29, 0.717) is 38.3 Å². The summed E-state index contributed by atoms with van der Waals surface area (Å²) in [5, 5.41) is 2.74. The molecular formula is C16H20N2O4. The van der Waals surface area contributed by atoms with Gasteiger partial charge in [0.15, 0.2) is 17.6 Å². The molecule has 0 spiro atoms. The largest absolute Gasteiger partial charge is 0.486 e. The van der Waals surface area contributed by atoms with Gasteiger partial charge in [-0.1, -0.05) is 12.1 Å². The van der Waals surface area contributed by atoms with E-state index >= 15 is 0 Å². The second kappa shape index (κ2) is 6.25. The van der Waals surface area contributed by atoms with Crippen LogP contribution >= 0.6 is 0 Å². The molecule has 1 saturated heterocycles. The Morgan fingerprint density at radius 3 is 2.86 bits per heavy atom. The number of rotatable bonds is 3. The van der Waals surface area contributed by atoms with Gasteiger partial charge >= 0.3 is 0 Å². The Morgan fingerprint density at radius 2 is 2.14 bits per heavy atom. The smallest absolute Gasteiger partial charge is 0.227 e. The molecule has 2 aliphatic heterocycles. The van der Waals surface area contributed by atoms with Crippen molar-refractivity contribution in [3.8, 4) is 11.5 Å². The normalized spacial score (nSPS) is 23.6. The van der Waals surface area contributed by atoms with E-state index in [1.54, 1.807) is 11.9 Å². The van der Waals surface area contributed by atoms with Gasteiger partial charge in [0.1, 0.15) is 6.61 Å². The van der Waals surface area contributed by atoms with Gasteiger partial charge in [0.05, 0.1) is 12.5 Å². The number of hydrogen-bond acceptors (Lipinski definition) is 4. The van der Waals surface area contributed by atoms with Crippen LogP contribution in [0.1, 0.15) is 12.8 Å². The van der Waals surface area contributed by atoms with Crippen molar-refractivity contribution in [2.45, 2.75) is 18.9 Å². The molecule has 0 bridgehead atoms. The van der Waals surface area contributed by atoms with Crippen LogP contribution in [0, 0.1) is 5.92 Å². The Balaban J connectivity index is 1.55. The minimum absolute atomic E-state index is 0.0207. The maximum atomic E-state index is 12.4. The number of nitrogens with one attached hydrogen (secondary N) is 1. The number of ether oxygens (including phenoxy) is 2. The number of likely N-dealkylation sites (N-methyl/N-ethyl adjacent to an activating group) is 1. The summed E-state index contributed by atoms with van der Waals surface area (Å²) in [6.45, 7) is 1.32. The highest BCUT2D eigenvalue weighted by atomic mass is 16.6. The van der Waals surface area contributed by atoms with Crippen LogP contribution in [0.5, 0.6) is 11.5 Å². The average Bonchev–Trinajstić information content (AvgIpc) is 2.55. The third kappa shape index (κ3) is 3.16. The first-order valence-corrected chi connectivity index (χ1v) is 7.53. The van der Waals surface area contributed by atoms with Gasteiger partial charge < -0.3 is 19.7 Å². The van der Waals surface area contributed by atoms with E-state index in [2.05, 4.69) is 5.32 Å². The van der Waals surface area contributed by atoms with Crippen molar-refractivity contribution in [1.29, 1.82) is 0 Å². The van der Waals surface area contributed by atoms with Gasteiger partial charge in [-0.25, -0.2) is 0 Å². The van der Waals surface area contributed by atoms with Gasteiger partial charge in [0.2, 0.25) is 11.8 Å². The lowest BCUT2D eigenvalue weighted by molar-refractivity contribution is -0.137. The zero-order chi connectivity index (χ0) is 15.5. The molecule has 1 aromatic carbocycles.